The number of halogens is 1. The second-order valence-corrected chi connectivity index (χ2v) is 3.10. The van der Waals surface area contributed by atoms with E-state index in [0.29, 0.717) is 19.5 Å². The maximum absolute atomic E-state index is 11.9. The minimum atomic E-state index is -0.376. The number of hydrogen-bond donors (Lipinski definition) is 0. The van der Waals surface area contributed by atoms with Crippen molar-refractivity contribution >= 4 is 6.41 Å². The van der Waals surface area contributed by atoms with Gasteiger partial charge in [-0.3, -0.25) is 9.18 Å². The van der Waals surface area contributed by atoms with Crippen LogP contribution in [0.4, 0.5) is 4.39 Å². The second-order valence-electron chi connectivity index (χ2n) is 3.10. The van der Waals surface area contributed by atoms with Crippen LogP contribution in [0.15, 0.2) is 30.3 Å². The van der Waals surface area contributed by atoms with Gasteiger partial charge in [-0.1, -0.05) is 30.3 Å². The first-order valence-corrected chi connectivity index (χ1v) is 4.66. The molecule has 0 aromatic heterocycles. The third kappa shape index (κ3) is 3.56. The Labute approximate surface area is 83.3 Å². The van der Waals surface area contributed by atoms with Gasteiger partial charge in [0.1, 0.15) is 0 Å². The normalized spacial score (nSPS) is 9.79. The standard InChI is InChI=1S/C11H14FNO/c12-7-4-8-13(10-14)9-11-5-2-1-3-6-11/h1-3,5-6,10H,4,7-9H2. The van der Waals surface area contributed by atoms with E-state index in [2.05, 4.69) is 0 Å². The van der Waals surface area contributed by atoms with E-state index in [-0.39, 0.29) is 6.67 Å². The van der Waals surface area contributed by atoms with Crippen molar-refractivity contribution in [1.82, 2.24) is 4.90 Å². The summed E-state index contributed by atoms with van der Waals surface area (Å²) in [4.78, 5) is 12.2. The van der Waals surface area contributed by atoms with Crippen LogP contribution in [0.25, 0.3) is 0 Å². The third-order valence-corrected chi connectivity index (χ3v) is 1.96. The maximum Gasteiger partial charge on any atom is 0.210 e. The van der Waals surface area contributed by atoms with E-state index in [1.807, 2.05) is 30.3 Å². The number of rotatable bonds is 6. The summed E-state index contributed by atoms with van der Waals surface area (Å²) in [7, 11) is 0. The Morgan fingerprint density at radius 2 is 2.00 bits per heavy atom. The molecular weight excluding hydrogens is 181 g/mol. The van der Waals surface area contributed by atoms with Crippen molar-refractivity contribution in [2.75, 3.05) is 13.2 Å². The number of benzene rings is 1. The van der Waals surface area contributed by atoms with Gasteiger partial charge >= 0.3 is 0 Å². The molecule has 14 heavy (non-hydrogen) atoms. The molecule has 0 heterocycles. The van der Waals surface area contributed by atoms with Crippen LogP contribution in [0.5, 0.6) is 0 Å². The summed E-state index contributed by atoms with van der Waals surface area (Å²) in [6, 6.07) is 9.68. The smallest absolute Gasteiger partial charge is 0.210 e. The van der Waals surface area contributed by atoms with Crippen LogP contribution in [0.1, 0.15) is 12.0 Å². The average molecular weight is 195 g/mol. The molecule has 0 aliphatic heterocycles. The number of hydrogen-bond acceptors (Lipinski definition) is 1. The summed E-state index contributed by atoms with van der Waals surface area (Å²) in [5.41, 5.74) is 1.07. The molecule has 0 spiro atoms. The van der Waals surface area contributed by atoms with Crippen molar-refractivity contribution in [3.63, 3.8) is 0 Å². The van der Waals surface area contributed by atoms with Crippen LogP contribution >= 0.6 is 0 Å². The topological polar surface area (TPSA) is 20.3 Å². The molecule has 0 N–H and O–H groups in total. The molecule has 1 aromatic carbocycles. The summed E-state index contributed by atoms with van der Waals surface area (Å²) >= 11 is 0. The number of amides is 1. The Morgan fingerprint density at radius 1 is 1.29 bits per heavy atom. The molecule has 0 fully saturated rings. The van der Waals surface area contributed by atoms with Crippen LogP contribution in [-0.2, 0) is 11.3 Å². The molecule has 2 nitrogen and oxygen atoms in total. The van der Waals surface area contributed by atoms with E-state index in [9.17, 15) is 9.18 Å². The van der Waals surface area contributed by atoms with E-state index in [0.717, 1.165) is 12.0 Å². The predicted molar refractivity (Wildman–Crippen MR) is 53.5 cm³/mol. The van der Waals surface area contributed by atoms with E-state index in [4.69, 9.17) is 0 Å². The molecule has 1 rings (SSSR count). The van der Waals surface area contributed by atoms with E-state index in [1.54, 1.807) is 4.90 Å². The first-order valence-electron chi connectivity index (χ1n) is 4.66. The van der Waals surface area contributed by atoms with Gasteiger partial charge in [-0.15, -0.1) is 0 Å². The molecule has 1 aromatic rings. The maximum atomic E-state index is 11.9. The van der Waals surface area contributed by atoms with E-state index < -0.39 is 0 Å². The molecule has 3 heteroatoms. The fraction of sp³-hybridized carbons (Fsp3) is 0.364. The van der Waals surface area contributed by atoms with Gasteiger partial charge in [0.2, 0.25) is 6.41 Å². The zero-order valence-corrected chi connectivity index (χ0v) is 8.03. The van der Waals surface area contributed by atoms with Gasteiger partial charge in [0.25, 0.3) is 0 Å². The van der Waals surface area contributed by atoms with E-state index in [1.165, 1.54) is 0 Å². The lowest BCUT2D eigenvalue weighted by atomic mass is 10.2. The lowest BCUT2D eigenvalue weighted by Gasteiger charge is -2.16. The van der Waals surface area contributed by atoms with Gasteiger partial charge in [-0.05, 0) is 12.0 Å². The summed E-state index contributed by atoms with van der Waals surface area (Å²) in [5, 5.41) is 0. The molecular formula is C11H14FNO. The highest BCUT2D eigenvalue weighted by Crippen LogP contribution is 2.03. The Bertz CT molecular complexity index is 263. The third-order valence-electron chi connectivity index (χ3n) is 1.96. The molecule has 76 valence electrons. The quantitative estimate of drug-likeness (QED) is 0.636. The first-order chi connectivity index (χ1) is 6.86. The minimum absolute atomic E-state index is 0.376. The van der Waals surface area contributed by atoms with Gasteiger partial charge in [-0.25, -0.2) is 0 Å². The average Bonchev–Trinajstić information content (AvgIpc) is 2.25. The summed E-state index contributed by atoms with van der Waals surface area (Å²) in [6.45, 7) is 0.665. The molecule has 0 saturated heterocycles. The zero-order chi connectivity index (χ0) is 10.2. The lowest BCUT2D eigenvalue weighted by molar-refractivity contribution is -0.118. The van der Waals surface area contributed by atoms with Gasteiger partial charge in [-0.2, -0.15) is 0 Å². The van der Waals surface area contributed by atoms with E-state index >= 15 is 0 Å². The predicted octanol–water partition coefficient (Wildman–Crippen LogP) is 2.00. The fourth-order valence-electron chi connectivity index (χ4n) is 1.25. The highest BCUT2D eigenvalue weighted by atomic mass is 19.1. The van der Waals surface area contributed by atoms with Crippen molar-refractivity contribution in [2.45, 2.75) is 13.0 Å². The fourth-order valence-corrected chi connectivity index (χ4v) is 1.25. The van der Waals surface area contributed by atoms with Crippen molar-refractivity contribution < 1.29 is 9.18 Å². The lowest BCUT2D eigenvalue weighted by Crippen LogP contribution is -2.22. The molecule has 1 amide bonds. The molecule has 0 aliphatic rings. The van der Waals surface area contributed by atoms with Crippen LogP contribution in [0.2, 0.25) is 0 Å². The van der Waals surface area contributed by atoms with Gasteiger partial charge in [0.15, 0.2) is 0 Å². The van der Waals surface area contributed by atoms with Crippen molar-refractivity contribution in [2.24, 2.45) is 0 Å². The molecule has 0 saturated carbocycles. The Balaban J connectivity index is 2.44. The zero-order valence-electron chi connectivity index (χ0n) is 8.03. The number of carbonyl (C=O) groups excluding carboxylic acids is 1. The molecule has 0 aliphatic carbocycles. The molecule has 0 radical (unpaired) electrons. The molecule has 0 atom stereocenters. The van der Waals surface area contributed by atoms with Gasteiger partial charge in [0.05, 0.1) is 6.67 Å². The highest BCUT2D eigenvalue weighted by Gasteiger charge is 2.01. The Kier molecular flexibility index (Phi) is 4.69. The first kappa shape index (κ1) is 10.7. The summed E-state index contributed by atoms with van der Waals surface area (Å²) in [5.74, 6) is 0. The van der Waals surface area contributed by atoms with Crippen molar-refractivity contribution in [3.8, 4) is 0 Å². The SMILES string of the molecule is O=CN(CCCF)Cc1ccccc1. The van der Waals surface area contributed by atoms with Gasteiger partial charge in [0, 0.05) is 13.1 Å². The largest absolute Gasteiger partial charge is 0.341 e. The second kappa shape index (κ2) is 6.13. The summed E-state index contributed by atoms with van der Waals surface area (Å²) in [6.07, 6.45) is 1.17. The van der Waals surface area contributed by atoms with Crippen LogP contribution in [-0.4, -0.2) is 24.5 Å². The Morgan fingerprint density at radius 3 is 2.57 bits per heavy atom. The van der Waals surface area contributed by atoms with Crippen molar-refractivity contribution in [3.05, 3.63) is 35.9 Å². The number of nitrogens with zero attached hydrogens (tertiary/aromatic N) is 1. The monoisotopic (exact) mass is 195 g/mol. The molecule has 0 unspecified atom stereocenters. The van der Waals surface area contributed by atoms with Crippen molar-refractivity contribution in [1.29, 1.82) is 0 Å². The van der Waals surface area contributed by atoms with Gasteiger partial charge < -0.3 is 4.90 Å². The number of carbonyl (C=O) groups is 1. The summed E-state index contributed by atoms with van der Waals surface area (Å²) < 4.78 is 11.9. The molecule has 0 bridgehead atoms. The van der Waals surface area contributed by atoms with Crippen LogP contribution in [0, 0.1) is 0 Å². The minimum Gasteiger partial charge on any atom is -0.341 e. The highest BCUT2D eigenvalue weighted by molar-refractivity contribution is 5.47. The van der Waals surface area contributed by atoms with Crippen LogP contribution in [0.3, 0.4) is 0 Å². The number of alkyl halides is 1. The van der Waals surface area contributed by atoms with Crippen LogP contribution < -0.4 is 0 Å². The Hall–Kier alpha value is -1.38.